The van der Waals surface area contributed by atoms with Crippen molar-refractivity contribution in [1.29, 1.82) is 0 Å². The van der Waals surface area contributed by atoms with E-state index < -0.39 is 12.1 Å². The third-order valence-corrected chi connectivity index (χ3v) is 4.13. The molecule has 0 fully saturated rings. The molecule has 5 heteroatoms. The molecular formula is C21H22N2O3. The van der Waals surface area contributed by atoms with Gasteiger partial charge in [0.1, 0.15) is 0 Å². The summed E-state index contributed by atoms with van der Waals surface area (Å²) in [7, 11) is 0. The minimum Gasteiger partial charge on any atom is -0.451 e. The first-order chi connectivity index (χ1) is 12.4. The lowest BCUT2D eigenvalue weighted by molar-refractivity contribution is 0.0320. The highest BCUT2D eigenvalue weighted by molar-refractivity contribution is 5.89. The van der Waals surface area contributed by atoms with Gasteiger partial charge in [0.05, 0.1) is 16.5 Å². The highest BCUT2D eigenvalue weighted by Gasteiger charge is 2.17. The lowest BCUT2D eigenvalue weighted by Gasteiger charge is -2.13. The number of rotatable bonds is 5. The van der Waals surface area contributed by atoms with E-state index in [4.69, 9.17) is 4.74 Å². The molecule has 0 bridgehead atoms. The number of fused-ring (bicyclic) bond motifs is 1. The number of H-pyrrole nitrogens is 1. The van der Waals surface area contributed by atoms with Crippen LogP contribution in [0, 0.1) is 5.92 Å². The van der Waals surface area contributed by atoms with Crippen LogP contribution in [0.5, 0.6) is 0 Å². The van der Waals surface area contributed by atoms with Gasteiger partial charge in [-0.3, -0.25) is 4.79 Å². The summed E-state index contributed by atoms with van der Waals surface area (Å²) in [4.78, 5) is 31.6. The highest BCUT2D eigenvalue weighted by Crippen LogP contribution is 2.17. The van der Waals surface area contributed by atoms with Crippen LogP contribution in [0.1, 0.15) is 48.6 Å². The maximum absolute atomic E-state index is 12.4. The van der Waals surface area contributed by atoms with Crippen LogP contribution < -0.4 is 5.56 Å². The minimum atomic E-state index is -0.657. The van der Waals surface area contributed by atoms with Crippen molar-refractivity contribution in [2.75, 3.05) is 0 Å². The standard InChI is InChI=1S/C21H22N2O3/c1-13(2)12-15-8-10-16(11-9-15)21(25)26-14(3)19-22-18-7-5-4-6-17(18)20(24)23-19/h4-11,13-14H,12H2,1-3H3,(H,22,23,24)/t14-/m0/s1. The zero-order valence-electron chi connectivity index (χ0n) is 15.2. The lowest BCUT2D eigenvalue weighted by Crippen LogP contribution is -2.17. The van der Waals surface area contributed by atoms with Gasteiger partial charge in [0.25, 0.3) is 5.56 Å². The van der Waals surface area contributed by atoms with Crippen molar-refractivity contribution in [2.45, 2.75) is 33.3 Å². The smallest absolute Gasteiger partial charge is 0.338 e. The topological polar surface area (TPSA) is 72.0 Å². The van der Waals surface area contributed by atoms with Gasteiger partial charge in [-0.1, -0.05) is 38.1 Å². The third kappa shape index (κ3) is 3.99. The molecule has 1 atom stereocenters. The summed E-state index contributed by atoms with van der Waals surface area (Å²) in [5.74, 6) is 0.450. The van der Waals surface area contributed by atoms with Gasteiger partial charge in [-0.15, -0.1) is 0 Å². The van der Waals surface area contributed by atoms with Crippen molar-refractivity contribution < 1.29 is 9.53 Å². The van der Waals surface area contributed by atoms with Gasteiger partial charge in [0, 0.05) is 0 Å². The molecule has 0 amide bonds. The number of carbonyl (C=O) groups excluding carboxylic acids is 1. The van der Waals surface area contributed by atoms with Crippen molar-refractivity contribution >= 4 is 16.9 Å². The number of carbonyl (C=O) groups is 1. The van der Waals surface area contributed by atoms with Crippen LogP contribution in [0.4, 0.5) is 0 Å². The zero-order valence-corrected chi connectivity index (χ0v) is 15.2. The summed E-state index contributed by atoms with van der Waals surface area (Å²) in [6.45, 7) is 6.00. The van der Waals surface area contributed by atoms with Crippen LogP contribution in [-0.4, -0.2) is 15.9 Å². The molecular weight excluding hydrogens is 328 g/mol. The summed E-state index contributed by atoms with van der Waals surface area (Å²) < 4.78 is 5.48. The second-order valence-electron chi connectivity index (χ2n) is 6.81. The Balaban J connectivity index is 1.76. The number of aromatic amines is 1. The van der Waals surface area contributed by atoms with Crippen molar-refractivity contribution in [1.82, 2.24) is 9.97 Å². The van der Waals surface area contributed by atoms with Gasteiger partial charge in [0.15, 0.2) is 11.9 Å². The fourth-order valence-corrected chi connectivity index (χ4v) is 2.83. The van der Waals surface area contributed by atoms with Crippen LogP contribution in [0.15, 0.2) is 53.3 Å². The number of nitrogens with zero attached hydrogens (tertiary/aromatic N) is 1. The lowest BCUT2D eigenvalue weighted by atomic mass is 10.0. The molecule has 1 heterocycles. The Morgan fingerprint density at radius 3 is 2.46 bits per heavy atom. The molecule has 3 rings (SSSR count). The molecule has 3 aromatic rings. The van der Waals surface area contributed by atoms with Gasteiger partial charge in [-0.25, -0.2) is 9.78 Å². The van der Waals surface area contributed by atoms with E-state index in [-0.39, 0.29) is 5.56 Å². The van der Waals surface area contributed by atoms with E-state index in [1.54, 1.807) is 37.3 Å². The summed E-state index contributed by atoms with van der Waals surface area (Å²) in [6.07, 6.45) is 0.309. The number of esters is 1. The number of ether oxygens (including phenoxy) is 1. The van der Waals surface area contributed by atoms with E-state index in [1.165, 1.54) is 5.56 Å². The average molecular weight is 350 g/mol. The van der Waals surface area contributed by atoms with Crippen LogP contribution in [0.25, 0.3) is 10.9 Å². The first kappa shape index (κ1) is 17.9. The highest BCUT2D eigenvalue weighted by atomic mass is 16.5. The van der Waals surface area contributed by atoms with Crippen LogP contribution >= 0.6 is 0 Å². The average Bonchev–Trinajstić information content (AvgIpc) is 2.61. The zero-order chi connectivity index (χ0) is 18.7. The summed E-state index contributed by atoms with van der Waals surface area (Å²) in [6, 6.07) is 14.5. The van der Waals surface area contributed by atoms with E-state index in [2.05, 4.69) is 23.8 Å². The monoisotopic (exact) mass is 350 g/mol. The Labute approximate surface area is 152 Å². The number of aromatic nitrogens is 2. The fourth-order valence-electron chi connectivity index (χ4n) is 2.83. The van der Waals surface area contributed by atoms with Crippen molar-refractivity contribution in [3.63, 3.8) is 0 Å². The predicted molar refractivity (Wildman–Crippen MR) is 101 cm³/mol. The van der Waals surface area contributed by atoms with E-state index in [0.29, 0.717) is 28.2 Å². The fraction of sp³-hybridized carbons (Fsp3) is 0.286. The number of hydrogen-bond donors (Lipinski definition) is 1. The molecule has 5 nitrogen and oxygen atoms in total. The predicted octanol–water partition coefficient (Wildman–Crippen LogP) is 4.04. The first-order valence-corrected chi connectivity index (χ1v) is 8.73. The number of benzene rings is 2. The van der Waals surface area contributed by atoms with Crippen molar-refractivity contribution in [3.05, 3.63) is 75.8 Å². The van der Waals surface area contributed by atoms with E-state index in [0.717, 1.165) is 6.42 Å². The van der Waals surface area contributed by atoms with E-state index in [1.807, 2.05) is 18.2 Å². The van der Waals surface area contributed by atoms with Gasteiger partial charge in [-0.05, 0) is 49.1 Å². The molecule has 0 spiro atoms. The molecule has 1 N–H and O–H groups in total. The van der Waals surface area contributed by atoms with E-state index in [9.17, 15) is 9.59 Å². The molecule has 0 aliphatic carbocycles. The maximum Gasteiger partial charge on any atom is 0.338 e. The summed E-state index contributed by atoms with van der Waals surface area (Å²) >= 11 is 0. The third-order valence-electron chi connectivity index (χ3n) is 4.13. The van der Waals surface area contributed by atoms with Crippen LogP contribution in [0.2, 0.25) is 0 Å². The molecule has 2 aromatic carbocycles. The molecule has 0 saturated carbocycles. The molecule has 26 heavy (non-hydrogen) atoms. The van der Waals surface area contributed by atoms with Crippen molar-refractivity contribution in [2.24, 2.45) is 5.92 Å². The van der Waals surface area contributed by atoms with Gasteiger partial charge >= 0.3 is 5.97 Å². The molecule has 134 valence electrons. The van der Waals surface area contributed by atoms with Gasteiger partial charge < -0.3 is 9.72 Å². The maximum atomic E-state index is 12.4. The second-order valence-corrected chi connectivity index (χ2v) is 6.81. The molecule has 1 aromatic heterocycles. The van der Waals surface area contributed by atoms with Crippen LogP contribution in [-0.2, 0) is 11.2 Å². The Hall–Kier alpha value is -2.95. The number of nitrogens with one attached hydrogen (secondary N) is 1. The van der Waals surface area contributed by atoms with Gasteiger partial charge in [0.2, 0.25) is 0 Å². The number of para-hydroxylation sites is 1. The largest absolute Gasteiger partial charge is 0.451 e. The summed E-state index contributed by atoms with van der Waals surface area (Å²) in [5.41, 5.74) is 2.00. The minimum absolute atomic E-state index is 0.244. The van der Waals surface area contributed by atoms with Crippen LogP contribution in [0.3, 0.4) is 0 Å². The van der Waals surface area contributed by atoms with Crippen molar-refractivity contribution in [3.8, 4) is 0 Å². The Morgan fingerprint density at radius 2 is 1.77 bits per heavy atom. The molecule has 0 unspecified atom stereocenters. The number of hydrogen-bond acceptors (Lipinski definition) is 4. The Morgan fingerprint density at radius 1 is 1.08 bits per heavy atom. The normalized spacial score (nSPS) is 12.3. The first-order valence-electron chi connectivity index (χ1n) is 8.73. The molecule has 0 saturated heterocycles. The van der Waals surface area contributed by atoms with E-state index >= 15 is 0 Å². The quantitative estimate of drug-likeness (QED) is 0.705. The molecule has 0 aliphatic heterocycles. The van der Waals surface area contributed by atoms with Gasteiger partial charge in [-0.2, -0.15) is 0 Å². The Bertz CT molecular complexity index is 974. The molecule has 0 aliphatic rings. The second kappa shape index (κ2) is 7.52. The molecule has 0 radical (unpaired) electrons. The summed E-state index contributed by atoms with van der Waals surface area (Å²) in [5, 5.41) is 0.510. The Kier molecular flexibility index (Phi) is 5.16. The SMILES string of the molecule is CC(C)Cc1ccc(C(=O)O[C@@H](C)c2nc3ccccc3c(=O)[nH]2)cc1.